The van der Waals surface area contributed by atoms with Gasteiger partial charge in [-0.3, -0.25) is 0 Å². The lowest BCUT2D eigenvalue weighted by Gasteiger charge is -2.40. The number of nitrogens with zero attached hydrogens (tertiary/aromatic N) is 4. The molecular formula is C16H24N4O4. The van der Waals surface area contributed by atoms with Crippen LogP contribution in [-0.2, 0) is 9.47 Å². The zero-order valence-corrected chi connectivity index (χ0v) is 14.8. The molecule has 0 radical (unpaired) electrons. The van der Waals surface area contributed by atoms with Gasteiger partial charge in [-0.15, -0.1) is 0 Å². The first kappa shape index (κ1) is 18.0. The summed E-state index contributed by atoms with van der Waals surface area (Å²) in [4.78, 5) is 35.7. The molecule has 0 N–H and O–H groups in total. The maximum Gasteiger partial charge on any atom is 0.410 e. The van der Waals surface area contributed by atoms with E-state index in [2.05, 4.69) is 14.7 Å². The summed E-state index contributed by atoms with van der Waals surface area (Å²) < 4.78 is 10.0. The minimum absolute atomic E-state index is 0.0373. The van der Waals surface area contributed by atoms with Crippen LogP contribution in [0.1, 0.15) is 38.1 Å². The number of methoxy groups -OCH3 is 1. The molecule has 1 aromatic rings. The Balaban J connectivity index is 2.01. The molecule has 1 atom stereocenters. The van der Waals surface area contributed by atoms with E-state index in [0.29, 0.717) is 31.1 Å². The van der Waals surface area contributed by atoms with E-state index in [1.165, 1.54) is 19.5 Å². The van der Waals surface area contributed by atoms with Gasteiger partial charge in [0.1, 0.15) is 5.60 Å². The lowest BCUT2D eigenvalue weighted by Crippen LogP contribution is -2.55. The van der Waals surface area contributed by atoms with Gasteiger partial charge in [0.15, 0.2) is 0 Å². The summed E-state index contributed by atoms with van der Waals surface area (Å²) in [5, 5.41) is 0. The van der Waals surface area contributed by atoms with Crippen molar-refractivity contribution in [2.24, 2.45) is 0 Å². The van der Waals surface area contributed by atoms with Gasteiger partial charge < -0.3 is 19.3 Å². The van der Waals surface area contributed by atoms with Crippen LogP contribution < -0.4 is 4.90 Å². The number of piperazine rings is 1. The number of hydrogen-bond acceptors (Lipinski definition) is 7. The van der Waals surface area contributed by atoms with E-state index < -0.39 is 11.6 Å². The number of anilines is 1. The average Bonchev–Trinajstić information content (AvgIpc) is 2.52. The highest BCUT2D eigenvalue weighted by molar-refractivity contribution is 5.88. The lowest BCUT2D eigenvalue weighted by molar-refractivity contribution is 0.0217. The summed E-state index contributed by atoms with van der Waals surface area (Å²) in [6.07, 6.45) is 2.58. The van der Waals surface area contributed by atoms with Crippen LogP contribution in [0.4, 0.5) is 10.7 Å². The molecule has 24 heavy (non-hydrogen) atoms. The monoisotopic (exact) mass is 336 g/mol. The van der Waals surface area contributed by atoms with Crippen molar-refractivity contribution in [3.05, 3.63) is 18.0 Å². The minimum Gasteiger partial charge on any atom is -0.465 e. The van der Waals surface area contributed by atoms with Crippen molar-refractivity contribution in [3.63, 3.8) is 0 Å². The van der Waals surface area contributed by atoms with Gasteiger partial charge in [-0.1, -0.05) is 0 Å². The molecule has 8 nitrogen and oxygen atoms in total. The molecule has 2 rings (SSSR count). The Morgan fingerprint density at radius 2 is 1.83 bits per heavy atom. The average molecular weight is 336 g/mol. The molecule has 8 heteroatoms. The normalized spacial score (nSPS) is 18.3. The van der Waals surface area contributed by atoms with Crippen LogP contribution >= 0.6 is 0 Å². The maximum absolute atomic E-state index is 12.2. The molecule has 1 aliphatic rings. The van der Waals surface area contributed by atoms with E-state index in [0.717, 1.165) is 0 Å². The highest BCUT2D eigenvalue weighted by Gasteiger charge is 2.30. The molecule has 1 saturated heterocycles. The summed E-state index contributed by atoms with van der Waals surface area (Å²) in [5.74, 6) is 0.0586. The van der Waals surface area contributed by atoms with Crippen molar-refractivity contribution in [2.75, 3.05) is 31.6 Å². The predicted octanol–water partition coefficient (Wildman–Crippen LogP) is 1.71. The zero-order valence-electron chi connectivity index (χ0n) is 14.8. The van der Waals surface area contributed by atoms with Gasteiger partial charge in [0.25, 0.3) is 0 Å². The highest BCUT2D eigenvalue weighted by Crippen LogP contribution is 2.18. The molecule has 0 bridgehead atoms. The van der Waals surface area contributed by atoms with Crippen LogP contribution in [0, 0.1) is 0 Å². The van der Waals surface area contributed by atoms with Gasteiger partial charge in [0.05, 0.1) is 12.7 Å². The Morgan fingerprint density at radius 1 is 1.21 bits per heavy atom. The van der Waals surface area contributed by atoms with E-state index in [9.17, 15) is 9.59 Å². The van der Waals surface area contributed by atoms with E-state index in [-0.39, 0.29) is 12.1 Å². The molecule has 1 fully saturated rings. The standard InChI is InChI=1S/C16H24N4O4/c1-11-10-19(15(22)24-16(2,3)4)6-7-20(11)14-17-8-12(9-18-14)13(21)23-5/h8-9,11H,6-7,10H2,1-5H3/t11-/m0/s1. The highest BCUT2D eigenvalue weighted by atomic mass is 16.6. The van der Waals surface area contributed by atoms with Crippen LogP contribution in [-0.4, -0.2) is 65.3 Å². The second-order valence-electron chi connectivity index (χ2n) is 6.73. The molecule has 1 amide bonds. The van der Waals surface area contributed by atoms with Crippen molar-refractivity contribution in [2.45, 2.75) is 39.3 Å². The number of ether oxygens (including phenoxy) is 2. The Morgan fingerprint density at radius 3 is 2.33 bits per heavy atom. The van der Waals surface area contributed by atoms with Crippen LogP contribution in [0.25, 0.3) is 0 Å². The van der Waals surface area contributed by atoms with Crippen LogP contribution in [0.2, 0.25) is 0 Å². The Hall–Kier alpha value is -2.38. The SMILES string of the molecule is COC(=O)c1cnc(N2CCN(C(=O)OC(C)(C)C)C[C@@H]2C)nc1. The topological polar surface area (TPSA) is 84.9 Å². The van der Waals surface area contributed by atoms with E-state index in [1.54, 1.807) is 4.90 Å². The third-order valence-electron chi connectivity index (χ3n) is 3.60. The first-order valence-corrected chi connectivity index (χ1v) is 7.86. The molecule has 2 heterocycles. The maximum atomic E-state index is 12.2. The fourth-order valence-corrected chi connectivity index (χ4v) is 2.44. The predicted molar refractivity (Wildman–Crippen MR) is 88.0 cm³/mol. The van der Waals surface area contributed by atoms with Crippen molar-refractivity contribution >= 4 is 18.0 Å². The fourth-order valence-electron chi connectivity index (χ4n) is 2.44. The number of carbonyl (C=O) groups is 2. The van der Waals surface area contributed by atoms with Gasteiger partial charge in [-0.25, -0.2) is 19.6 Å². The molecule has 132 valence electrons. The van der Waals surface area contributed by atoms with Gasteiger partial charge in [-0.2, -0.15) is 0 Å². The second kappa shape index (κ2) is 7.02. The number of esters is 1. The third kappa shape index (κ3) is 4.33. The van der Waals surface area contributed by atoms with Gasteiger partial charge in [0, 0.05) is 38.1 Å². The molecule has 0 aliphatic carbocycles. The Kier molecular flexibility index (Phi) is 5.26. The molecule has 0 spiro atoms. The van der Waals surface area contributed by atoms with Crippen molar-refractivity contribution in [3.8, 4) is 0 Å². The number of aromatic nitrogens is 2. The first-order chi connectivity index (χ1) is 11.2. The van der Waals surface area contributed by atoms with Crippen molar-refractivity contribution < 1.29 is 19.1 Å². The summed E-state index contributed by atoms with van der Waals surface area (Å²) in [5.41, 5.74) is -0.203. The largest absolute Gasteiger partial charge is 0.465 e. The van der Waals surface area contributed by atoms with Crippen molar-refractivity contribution in [1.29, 1.82) is 0 Å². The molecule has 1 aromatic heterocycles. The van der Waals surface area contributed by atoms with Crippen LogP contribution in [0.5, 0.6) is 0 Å². The number of carbonyl (C=O) groups excluding carboxylic acids is 2. The van der Waals surface area contributed by atoms with Gasteiger partial charge in [-0.05, 0) is 27.7 Å². The number of amides is 1. The van der Waals surface area contributed by atoms with Gasteiger partial charge in [0.2, 0.25) is 5.95 Å². The Bertz CT molecular complexity index is 597. The number of rotatable bonds is 2. The fraction of sp³-hybridized carbons (Fsp3) is 0.625. The first-order valence-electron chi connectivity index (χ1n) is 7.86. The summed E-state index contributed by atoms with van der Waals surface area (Å²) in [6.45, 7) is 9.19. The lowest BCUT2D eigenvalue weighted by atomic mass is 10.2. The third-order valence-corrected chi connectivity index (χ3v) is 3.60. The summed E-state index contributed by atoms with van der Waals surface area (Å²) >= 11 is 0. The summed E-state index contributed by atoms with van der Waals surface area (Å²) in [6, 6.07) is 0.0373. The molecule has 0 saturated carbocycles. The molecule has 0 aromatic carbocycles. The van der Waals surface area contributed by atoms with Crippen molar-refractivity contribution in [1.82, 2.24) is 14.9 Å². The van der Waals surface area contributed by atoms with Crippen LogP contribution in [0.15, 0.2) is 12.4 Å². The van der Waals surface area contributed by atoms with Crippen LogP contribution in [0.3, 0.4) is 0 Å². The Labute approximate surface area is 141 Å². The van der Waals surface area contributed by atoms with E-state index in [4.69, 9.17) is 4.74 Å². The minimum atomic E-state index is -0.510. The quantitative estimate of drug-likeness (QED) is 0.760. The number of hydrogen-bond donors (Lipinski definition) is 0. The molecule has 1 aliphatic heterocycles. The molecular weight excluding hydrogens is 312 g/mol. The zero-order chi connectivity index (χ0) is 17.9. The second-order valence-corrected chi connectivity index (χ2v) is 6.73. The van der Waals surface area contributed by atoms with Gasteiger partial charge >= 0.3 is 12.1 Å². The summed E-state index contributed by atoms with van der Waals surface area (Å²) in [7, 11) is 1.31. The molecule has 0 unspecified atom stereocenters. The van der Waals surface area contributed by atoms with E-state index in [1.807, 2.05) is 32.6 Å². The smallest absolute Gasteiger partial charge is 0.410 e. The van der Waals surface area contributed by atoms with E-state index >= 15 is 0 Å².